The Morgan fingerprint density at radius 2 is 1.83 bits per heavy atom. The number of carboxylic acids is 1. The number of alkyl halides is 2. The number of carbonyl (C=O) groups excluding carboxylic acids is 1. The van der Waals surface area contributed by atoms with Crippen molar-refractivity contribution in [2.45, 2.75) is 52.1 Å². The van der Waals surface area contributed by atoms with Gasteiger partial charge >= 0.3 is 11.9 Å². The Balaban J connectivity index is 3.00. The first kappa shape index (κ1) is 14.9. The summed E-state index contributed by atoms with van der Waals surface area (Å²) in [5.41, 5.74) is -3.72. The van der Waals surface area contributed by atoms with Crippen LogP contribution in [0.3, 0.4) is 0 Å². The van der Waals surface area contributed by atoms with Crippen LogP contribution < -0.4 is 0 Å². The van der Waals surface area contributed by atoms with Crippen LogP contribution in [0.15, 0.2) is 0 Å². The lowest BCUT2D eigenvalue weighted by molar-refractivity contribution is -0.189. The van der Waals surface area contributed by atoms with Crippen molar-refractivity contribution in [1.29, 1.82) is 0 Å². The van der Waals surface area contributed by atoms with Gasteiger partial charge in [0.05, 0.1) is 0 Å². The molecule has 1 unspecified atom stereocenters. The maximum Gasteiger partial charge on any atom is 0.330 e. The minimum Gasteiger partial charge on any atom is -0.480 e. The standard InChI is InChI=1S/C12H18F2O4/c1-11(2,3)18-10(17)12(8(13)14,9(15)16)6-7-4-5-7/h7-8H,4-6H2,1-3H3,(H,15,16). The molecule has 0 radical (unpaired) electrons. The van der Waals surface area contributed by atoms with Gasteiger partial charge in [0.15, 0.2) is 0 Å². The number of aliphatic carboxylic acids is 1. The summed E-state index contributed by atoms with van der Waals surface area (Å²) in [7, 11) is 0. The van der Waals surface area contributed by atoms with Crippen LogP contribution in [0.2, 0.25) is 0 Å². The number of hydrogen-bond acceptors (Lipinski definition) is 3. The van der Waals surface area contributed by atoms with Crippen LogP contribution in [0.5, 0.6) is 0 Å². The monoisotopic (exact) mass is 264 g/mol. The summed E-state index contributed by atoms with van der Waals surface area (Å²) in [6, 6.07) is 0. The number of halogens is 2. The predicted octanol–water partition coefficient (Wildman–Crippen LogP) is 2.46. The fourth-order valence-electron chi connectivity index (χ4n) is 1.68. The zero-order valence-electron chi connectivity index (χ0n) is 10.7. The van der Waals surface area contributed by atoms with Crippen molar-refractivity contribution in [2.24, 2.45) is 11.3 Å². The minimum absolute atomic E-state index is 0.123. The highest BCUT2D eigenvalue weighted by atomic mass is 19.3. The molecule has 0 aromatic rings. The van der Waals surface area contributed by atoms with Crippen LogP contribution in [0.4, 0.5) is 8.78 Å². The summed E-state index contributed by atoms with van der Waals surface area (Å²) >= 11 is 0. The van der Waals surface area contributed by atoms with Crippen LogP contribution in [0, 0.1) is 11.3 Å². The van der Waals surface area contributed by atoms with Gasteiger partial charge in [-0.2, -0.15) is 0 Å². The molecule has 0 saturated heterocycles. The molecule has 0 heterocycles. The summed E-state index contributed by atoms with van der Waals surface area (Å²) in [6.45, 7) is 4.54. The van der Waals surface area contributed by atoms with Gasteiger partial charge in [0.25, 0.3) is 6.43 Å². The molecule has 4 nitrogen and oxygen atoms in total. The van der Waals surface area contributed by atoms with E-state index in [-0.39, 0.29) is 12.3 Å². The van der Waals surface area contributed by atoms with E-state index in [2.05, 4.69) is 0 Å². The fourth-order valence-corrected chi connectivity index (χ4v) is 1.68. The van der Waals surface area contributed by atoms with E-state index in [0.29, 0.717) is 12.8 Å². The average Bonchev–Trinajstić information content (AvgIpc) is 2.92. The molecule has 1 aliphatic carbocycles. The first-order chi connectivity index (χ1) is 8.09. The maximum atomic E-state index is 13.1. The second kappa shape index (κ2) is 4.82. The van der Waals surface area contributed by atoms with Gasteiger partial charge < -0.3 is 9.84 Å². The highest BCUT2D eigenvalue weighted by Gasteiger charge is 2.58. The van der Waals surface area contributed by atoms with Crippen molar-refractivity contribution >= 4 is 11.9 Å². The predicted molar refractivity (Wildman–Crippen MR) is 59.3 cm³/mol. The average molecular weight is 264 g/mol. The van der Waals surface area contributed by atoms with Crippen LogP contribution in [0.1, 0.15) is 40.0 Å². The third-order valence-corrected chi connectivity index (χ3v) is 2.82. The molecule has 6 heteroatoms. The Morgan fingerprint density at radius 3 is 2.11 bits per heavy atom. The number of carboxylic acid groups (broad SMARTS) is 1. The van der Waals surface area contributed by atoms with Crippen LogP contribution in [-0.2, 0) is 14.3 Å². The molecule has 0 aromatic heterocycles. The number of rotatable bonds is 5. The van der Waals surface area contributed by atoms with Gasteiger partial charge in [-0.3, -0.25) is 9.59 Å². The van der Waals surface area contributed by atoms with E-state index in [4.69, 9.17) is 9.84 Å². The summed E-state index contributed by atoms with van der Waals surface area (Å²) in [5.74, 6) is -3.27. The van der Waals surface area contributed by atoms with Crippen molar-refractivity contribution in [3.05, 3.63) is 0 Å². The zero-order valence-corrected chi connectivity index (χ0v) is 10.7. The molecule has 0 aromatic carbocycles. The van der Waals surface area contributed by atoms with Crippen molar-refractivity contribution in [2.75, 3.05) is 0 Å². The third kappa shape index (κ3) is 3.17. The van der Waals surface area contributed by atoms with Crippen molar-refractivity contribution in [3.8, 4) is 0 Å². The Hall–Kier alpha value is -1.20. The van der Waals surface area contributed by atoms with E-state index in [1.807, 2.05) is 0 Å². The van der Waals surface area contributed by atoms with Crippen LogP contribution in [-0.4, -0.2) is 29.1 Å². The van der Waals surface area contributed by atoms with Crippen molar-refractivity contribution in [1.82, 2.24) is 0 Å². The van der Waals surface area contributed by atoms with E-state index < -0.39 is 29.4 Å². The van der Waals surface area contributed by atoms with Gasteiger partial charge in [0.1, 0.15) is 5.60 Å². The minimum atomic E-state index is -3.27. The highest BCUT2D eigenvalue weighted by molar-refractivity contribution is 6.00. The Bertz CT molecular complexity index is 344. The van der Waals surface area contributed by atoms with Crippen LogP contribution in [0.25, 0.3) is 0 Å². The van der Waals surface area contributed by atoms with Gasteiger partial charge in [-0.05, 0) is 33.1 Å². The summed E-state index contributed by atoms with van der Waals surface area (Å²) in [5, 5.41) is 9.06. The van der Waals surface area contributed by atoms with Gasteiger partial charge in [-0.15, -0.1) is 0 Å². The van der Waals surface area contributed by atoms with Crippen molar-refractivity contribution < 1.29 is 28.2 Å². The second-order valence-electron chi connectivity index (χ2n) is 5.73. The highest BCUT2D eigenvalue weighted by Crippen LogP contribution is 2.45. The SMILES string of the molecule is CC(C)(C)OC(=O)C(CC1CC1)(C(=O)O)C(F)F. The van der Waals surface area contributed by atoms with Gasteiger partial charge in [0.2, 0.25) is 5.41 Å². The Kier molecular flexibility index (Phi) is 3.98. The summed E-state index contributed by atoms with van der Waals surface area (Å²) in [6.07, 6.45) is -2.25. The van der Waals surface area contributed by atoms with E-state index in [1.165, 1.54) is 20.8 Å². The Morgan fingerprint density at radius 1 is 1.33 bits per heavy atom. The second-order valence-corrected chi connectivity index (χ2v) is 5.73. The lowest BCUT2D eigenvalue weighted by atomic mass is 9.82. The number of esters is 1. The third-order valence-electron chi connectivity index (χ3n) is 2.82. The summed E-state index contributed by atoms with van der Waals surface area (Å²) in [4.78, 5) is 23.0. The molecule has 0 bridgehead atoms. The van der Waals surface area contributed by atoms with Crippen LogP contribution >= 0.6 is 0 Å². The molecule has 1 atom stereocenters. The molecule has 1 rings (SSSR count). The zero-order chi connectivity index (χ0) is 14.1. The largest absolute Gasteiger partial charge is 0.480 e. The molecule has 104 valence electrons. The first-order valence-corrected chi connectivity index (χ1v) is 5.84. The molecule has 1 N–H and O–H groups in total. The smallest absolute Gasteiger partial charge is 0.330 e. The molecular formula is C12H18F2O4. The van der Waals surface area contributed by atoms with Gasteiger partial charge in [-0.1, -0.05) is 12.8 Å². The van der Waals surface area contributed by atoms with E-state index >= 15 is 0 Å². The molecule has 0 amide bonds. The molecule has 18 heavy (non-hydrogen) atoms. The van der Waals surface area contributed by atoms with Crippen molar-refractivity contribution in [3.63, 3.8) is 0 Å². The number of carbonyl (C=O) groups is 2. The van der Waals surface area contributed by atoms with E-state index in [1.54, 1.807) is 0 Å². The molecular weight excluding hydrogens is 246 g/mol. The number of ether oxygens (including phenoxy) is 1. The molecule has 1 fully saturated rings. The summed E-state index contributed by atoms with van der Waals surface area (Å²) < 4.78 is 31.1. The molecule has 1 aliphatic rings. The lowest BCUT2D eigenvalue weighted by Gasteiger charge is -2.30. The number of hydrogen-bond donors (Lipinski definition) is 1. The lowest BCUT2D eigenvalue weighted by Crippen LogP contribution is -2.49. The van der Waals surface area contributed by atoms with E-state index in [0.717, 1.165) is 0 Å². The molecule has 0 spiro atoms. The van der Waals surface area contributed by atoms with E-state index in [9.17, 15) is 18.4 Å². The normalized spacial score (nSPS) is 19.4. The van der Waals surface area contributed by atoms with Gasteiger partial charge in [0, 0.05) is 0 Å². The topological polar surface area (TPSA) is 63.6 Å². The molecule has 0 aliphatic heterocycles. The fraction of sp³-hybridized carbons (Fsp3) is 0.833. The Labute approximate surface area is 104 Å². The quantitative estimate of drug-likeness (QED) is 0.612. The van der Waals surface area contributed by atoms with Gasteiger partial charge in [-0.25, -0.2) is 8.78 Å². The first-order valence-electron chi connectivity index (χ1n) is 5.84. The molecule has 1 saturated carbocycles. The maximum absolute atomic E-state index is 13.1.